The molecule has 2 aliphatic carbocycles. The highest BCUT2D eigenvalue weighted by molar-refractivity contribution is 5.82. The summed E-state index contributed by atoms with van der Waals surface area (Å²) in [5.74, 6) is 2.44. The lowest BCUT2D eigenvalue weighted by atomic mass is 9.86. The van der Waals surface area contributed by atoms with Gasteiger partial charge in [0, 0.05) is 6.04 Å². The fourth-order valence-corrected chi connectivity index (χ4v) is 4.33. The van der Waals surface area contributed by atoms with Crippen LogP contribution in [-0.2, 0) is 4.79 Å². The van der Waals surface area contributed by atoms with E-state index in [1.807, 2.05) is 0 Å². The Balaban J connectivity index is 1.55. The summed E-state index contributed by atoms with van der Waals surface area (Å²) in [5, 5.41) is 6.75. The Bertz CT molecular complexity index is 318. The van der Waals surface area contributed by atoms with Crippen molar-refractivity contribution < 1.29 is 4.79 Å². The van der Waals surface area contributed by atoms with Gasteiger partial charge in [-0.25, -0.2) is 0 Å². The minimum atomic E-state index is 0.106. The second-order valence-electron chi connectivity index (χ2n) is 6.72. The maximum atomic E-state index is 12.4. The van der Waals surface area contributed by atoms with Gasteiger partial charge >= 0.3 is 0 Å². The number of rotatable bonds is 2. The minimum Gasteiger partial charge on any atom is -0.352 e. The van der Waals surface area contributed by atoms with Gasteiger partial charge in [-0.05, 0) is 50.0 Å². The van der Waals surface area contributed by atoms with Gasteiger partial charge in [0.25, 0.3) is 0 Å². The molecule has 3 fully saturated rings. The average Bonchev–Trinajstić information content (AvgIpc) is 2.89. The van der Waals surface area contributed by atoms with Crippen LogP contribution < -0.4 is 10.6 Å². The predicted molar refractivity (Wildman–Crippen MR) is 72.2 cm³/mol. The summed E-state index contributed by atoms with van der Waals surface area (Å²) >= 11 is 0. The van der Waals surface area contributed by atoms with Gasteiger partial charge in [-0.15, -0.1) is 0 Å². The minimum absolute atomic E-state index is 0.106. The van der Waals surface area contributed by atoms with E-state index in [-0.39, 0.29) is 11.9 Å². The summed E-state index contributed by atoms with van der Waals surface area (Å²) in [5.41, 5.74) is 0. The highest BCUT2D eigenvalue weighted by atomic mass is 16.2. The Kier molecular flexibility index (Phi) is 3.60. The Morgan fingerprint density at radius 2 is 2.00 bits per heavy atom. The number of hydrogen-bond donors (Lipinski definition) is 2. The van der Waals surface area contributed by atoms with E-state index in [0.29, 0.717) is 12.0 Å². The van der Waals surface area contributed by atoms with Crippen molar-refractivity contribution in [2.24, 2.45) is 17.8 Å². The molecule has 1 amide bonds. The molecule has 1 aliphatic heterocycles. The standard InChI is InChI=1S/C15H26N2O/c1-10-4-2-6-12(8-10)17-15(18)14-13-7-3-5-11(13)9-16-14/h10-14,16H,2-9H2,1H3,(H,17,18). The molecule has 3 aliphatic rings. The van der Waals surface area contributed by atoms with Crippen molar-refractivity contribution in [3.05, 3.63) is 0 Å². The molecule has 2 saturated carbocycles. The number of fused-ring (bicyclic) bond motifs is 1. The van der Waals surface area contributed by atoms with Crippen LogP contribution in [0, 0.1) is 17.8 Å². The van der Waals surface area contributed by atoms with Crippen LogP contribution in [-0.4, -0.2) is 24.5 Å². The zero-order chi connectivity index (χ0) is 12.5. The monoisotopic (exact) mass is 250 g/mol. The highest BCUT2D eigenvalue weighted by Crippen LogP contribution is 2.37. The molecule has 5 atom stereocenters. The van der Waals surface area contributed by atoms with Crippen LogP contribution in [0.3, 0.4) is 0 Å². The van der Waals surface area contributed by atoms with E-state index in [2.05, 4.69) is 17.6 Å². The molecule has 0 radical (unpaired) electrons. The van der Waals surface area contributed by atoms with Crippen LogP contribution in [0.15, 0.2) is 0 Å². The van der Waals surface area contributed by atoms with Gasteiger partial charge < -0.3 is 10.6 Å². The molecule has 1 heterocycles. The largest absolute Gasteiger partial charge is 0.352 e. The molecule has 18 heavy (non-hydrogen) atoms. The van der Waals surface area contributed by atoms with Crippen LogP contribution in [0.1, 0.15) is 51.9 Å². The second kappa shape index (κ2) is 5.20. The van der Waals surface area contributed by atoms with Gasteiger partial charge in [0.15, 0.2) is 0 Å². The summed E-state index contributed by atoms with van der Waals surface area (Å²) < 4.78 is 0. The topological polar surface area (TPSA) is 41.1 Å². The SMILES string of the molecule is CC1CCCC(NC(=O)C2NCC3CCCC32)C1. The quantitative estimate of drug-likeness (QED) is 0.788. The van der Waals surface area contributed by atoms with Crippen LogP contribution in [0.25, 0.3) is 0 Å². The van der Waals surface area contributed by atoms with Crippen molar-refractivity contribution in [3.8, 4) is 0 Å². The molecule has 102 valence electrons. The third kappa shape index (κ3) is 2.42. The molecule has 2 N–H and O–H groups in total. The number of amides is 1. The van der Waals surface area contributed by atoms with E-state index in [1.165, 1.54) is 44.9 Å². The summed E-state index contributed by atoms with van der Waals surface area (Å²) in [6.07, 6.45) is 8.85. The number of carbonyl (C=O) groups is 1. The van der Waals surface area contributed by atoms with Crippen molar-refractivity contribution in [1.29, 1.82) is 0 Å². The van der Waals surface area contributed by atoms with Crippen molar-refractivity contribution in [2.75, 3.05) is 6.54 Å². The maximum Gasteiger partial charge on any atom is 0.237 e. The molecular weight excluding hydrogens is 224 g/mol. The van der Waals surface area contributed by atoms with Gasteiger partial charge in [0.05, 0.1) is 6.04 Å². The van der Waals surface area contributed by atoms with E-state index in [4.69, 9.17) is 0 Å². The normalized spacial score (nSPS) is 43.7. The van der Waals surface area contributed by atoms with Crippen molar-refractivity contribution in [1.82, 2.24) is 10.6 Å². The fourth-order valence-electron chi connectivity index (χ4n) is 4.33. The molecule has 0 bridgehead atoms. The summed E-state index contributed by atoms with van der Waals surface area (Å²) in [6, 6.07) is 0.540. The van der Waals surface area contributed by atoms with E-state index in [0.717, 1.165) is 18.4 Å². The second-order valence-corrected chi connectivity index (χ2v) is 6.72. The van der Waals surface area contributed by atoms with Crippen LogP contribution in [0.2, 0.25) is 0 Å². The Hall–Kier alpha value is -0.570. The van der Waals surface area contributed by atoms with Gasteiger partial charge in [0.2, 0.25) is 5.91 Å². The molecule has 0 aromatic carbocycles. The van der Waals surface area contributed by atoms with Crippen LogP contribution in [0.4, 0.5) is 0 Å². The smallest absolute Gasteiger partial charge is 0.237 e. The zero-order valence-electron chi connectivity index (χ0n) is 11.5. The molecule has 3 heteroatoms. The molecule has 0 aromatic heterocycles. The molecule has 0 spiro atoms. The van der Waals surface area contributed by atoms with E-state index < -0.39 is 0 Å². The molecule has 1 saturated heterocycles. The number of carbonyl (C=O) groups excluding carboxylic acids is 1. The van der Waals surface area contributed by atoms with Gasteiger partial charge in [0.1, 0.15) is 0 Å². The number of nitrogens with one attached hydrogen (secondary N) is 2. The van der Waals surface area contributed by atoms with Crippen molar-refractivity contribution in [2.45, 2.75) is 64.0 Å². The van der Waals surface area contributed by atoms with Crippen molar-refractivity contribution in [3.63, 3.8) is 0 Å². The Morgan fingerprint density at radius 1 is 1.17 bits per heavy atom. The predicted octanol–water partition coefficient (Wildman–Crippen LogP) is 2.07. The van der Waals surface area contributed by atoms with Crippen molar-refractivity contribution >= 4 is 5.91 Å². The van der Waals surface area contributed by atoms with Crippen LogP contribution >= 0.6 is 0 Å². The van der Waals surface area contributed by atoms with E-state index in [9.17, 15) is 4.79 Å². The molecule has 0 aromatic rings. The molecule has 3 rings (SSSR count). The third-order valence-electron chi connectivity index (χ3n) is 5.31. The first-order chi connectivity index (χ1) is 8.74. The van der Waals surface area contributed by atoms with E-state index in [1.54, 1.807) is 0 Å². The third-order valence-corrected chi connectivity index (χ3v) is 5.31. The number of hydrogen-bond acceptors (Lipinski definition) is 2. The Morgan fingerprint density at radius 3 is 2.83 bits per heavy atom. The Labute approximate surface area is 110 Å². The summed E-state index contributed by atoms with van der Waals surface area (Å²) in [7, 11) is 0. The fraction of sp³-hybridized carbons (Fsp3) is 0.933. The first kappa shape index (κ1) is 12.5. The summed E-state index contributed by atoms with van der Waals surface area (Å²) in [6.45, 7) is 3.36. The first-order valence-corrected chi connectivity index (χ1v) is 7.78. The lowest BCUT2D eigenvalue weighted by Crippen LogP contribution is -2.48. The first-order valence-electron chi connectivity index (χ1n) is 7.78. The summed E-state index contributed by atoms with van der Waals surface area (Å²) in [4.78, 5) is 12.4. The molecule has 3 nitrogen and oxygen atoms in total. The lowest BCUT2D eigenvalue weighted by molar-refractivity contribution is -0.124. The molecule has 5 unspecified atom stereocenters. The van der Waals surface area contributed by atoms with Gasteiger partial charge in [-0.2, -0.15) is 0 Å². The molecular formula is C15H26N2O. The van der Waals surface area contributed by atoms with E-state index >= 15 is 0 Å². The highest BCUT2D eigenvalue weighted by Gasteiger charge is 2.42. The zero-order valence-corrected chi connectivity index (χ0v) is 11.5. The lowest BCUT2D eigenvalue weighted by Gasteiger charge is -2.29. The maximum absolute atomic E-state index is 12.4. The van der Waals surface area contributed by atoms with Gasteiger partial charge in [-0.1, -0.05) is 26.2 Å². The van der Waals surface area contributed by atoms with Crippen LogP contribution in [0.5, 0.6) is 0 Å². The van der Waals surface area contributed by atoms with Gasteiger partial charge in [-0.3, -0.25) is 4.79 Å². The average molecular weight is 250 g/mol.